The molecule has 1 aromatic heterocycles. The van der Waals surface area contributed by atoms with E-state index in [1.165, 1.54) is 6.42 Å². The molecule has 2 aliphatic rings. The summed E-state index contributed by atoms with van der Waals surface area (Å²) in [6.45, 7) is 6.32. The Labute approximate surface area is 199 Å². The lowest BCUT2D eigenvalue weighted by Crippen LogP contribution is -2.38. The van der Waals surface area contributed by atoms with E-state index in [9.17, 15) is 9.59 Å². The smallest absolute Gasteiger partial charge is 0.255 e. The van der Waals surface area contributed by atoms with Crippen LogP contribution in [0.5, 0.6) is 0 Å². The van der Waals surface area contributed by atoms with E-state index < -0.39 is 0 Å². The fraction of sp³-hybridized carbons (Fsp3) is 0.560. The summed E-state index contributed by atoms with van der Waals surface area (Å²) in [7, 11) is 0. The second-order valence-electron chi connectivity index (χ2n) is 8.81. The van der Waals surface area contributed by atoms with Crippen molar-refractivity contribution in [2.24, 2.45) is 0 Å². The van der Waals surface area contributed by atoms with Gasteiger partial charge in [0.1, 0.15) is 0 Å². The van der Waals surface area contributed by atoms with Gasteiger partial charge in [0.05, 0.1) is 32.5 Å². The highest BCUT2D eigenvalue weighted by molar-refractivity contribution is 5.90. The maximum absolute atomic E-state index is 12.6. The van der Waals surface area contributed by atoms with Crippen molar-refractivity contribution < 1.29 is 19.0 Å². The van der Waals surface area contributed by atoms with Gasteiger partial charge in [0, 0.05) is 43.1 Å². The molecule has 9 heteroatoms. The van der Waals surface area contributed by atoms with Gasteiger partial charge in [-0.15, -0.1) is 0 Å². The number of hydrogen-bond donors (Lipinski definition) is 2. The largest absolute Gasteiger partial charge is 0.378 e. The van der Waals surface area contributed by atoms with E-state index in [4.69, 9.17) is 14.2 Å². The van der Waals surface area contributed by atoms with E-state index in [1.807, 2.05) is 36.1 Å². The number of aromatic nitrogens is 2. The summed E-state index contributed by atoms with van der Waals surface area (Å²) in [6, 6.07) is 7.63. The number of aromatic amines is 1. The maximum Gasteiger partial charge on any atom is 0.255 e. The molecule has 3 heterocycles. The van der Waals surface area contributed by atoms with Crippen molar-refractivity contribution in [2.45, 2.75) is 51.7 Å². The van der Waals surface area contributed by atoms with Crippen LogP contribution in [-0.4, -0.2) is 61.5 Å². The Hall–Kier alpha value is -2.75. The Morgan fingerprint density at radius 3 is 2.88 bits per heavy atom. The van der Waals surface area contributed by atoms with Crippen LogP contribution in [0.1, 0.15) is 42.5 Å². The van der Waals surface area contributed by atoms with Crippen molar-refractivity contribution >= 4 is 17.5 Å². The summed E-state index contributed by atoms with van der Waals surface area (Å²) in [5.74, 6) is 0.415. The second-order valence-corrected chi connectivity index (χ2v) is 8.81. The van der Waals surface area contributed by atoms with Gasteiger partial charge in [-0.2, -0.15) is 0 Å². The Balaban J connectivity index is 1.26. The van der Waals surface area contributed by atoms with Crippen LogP contribution in [0.2, 0.25) is 0 Å². The van der Waals surface area contributed by atoms with Gasteiger partial charge < -0.3 is 24.4 Å². The van der Waals surface area contributed by atoms with Gasteiger partial charge in [-0.25, -0.2) is 4.98 Å². The molecule has 1 atom stereocenters. The monoisotopic (exact) mass is 470 g/mol. The first-order valence-corrected chi connectivity index (χ1v) is 12.1. The van der Waals surface area contributed by atoms with E-state index in [0.717, 1.165) is 25.0 Å². The number of carbonyl (C=O) groups excluding carboxylic acids is 1. The maximum atomic E-state index is 12.6. The van der Waals surface area contributed by atoms with Gasteiger partial charge in [-0.1, -0.05) is 12.1 Å². The first kappa shape index (κ1) is 24.4. The highest BCUT2D eigenvalue weighted by atomic mass is 16.5. The summed E-state index contributed by atoms with van der Waals surface area (Å²) < 4.78 is 16.9. The number of morpholine rings is 1. The summed E-state index contributed by atoms with van der Waals surface area (Å²) in [6.07, 6.45) is 4.07. The SMILES string of the molecule is Cc1nc(N2CCOCC2)[nH]c(=O)c1CCC(=O)Nc1cccc(COCC2CCCCO2)c1. The molecule has 2 aliphatic heterocycles. The Kier molecular flexibility index (Phi) is 8.67. The van der Waals surface area contributed by atoms with Gasteiger partial charge in [0.15, 0.2) is 0 Å². The predicted octanol–water partition coefficient (Wildman–Crippen LogP) is 2.57. The molecular formula is C25H34N4O5. The fourth-order valence-electron chi connectivity index (χ4n) is 4.26. The summed E-state index contributed by atoms with van der Waals surface area (Å²) in [5, 5.41) is 2.92. The highest BCUT2D eigenvalue weighted by Crippen LogP contribution is 2.16. The van der Waals surface area contributed by atoms with Crippen molar-refractivity contribution in [3.63, 3.8) is 0 Å². The Morgan fingerprint density at radius 2 is 2.12 bits per heavy atom. The average Bonchev–Trinajstić information content (AvgIpc) is 2.85. The predicted molar refractivity (Wildman–Crippen MR) is 129 cm³/mol. The van der Waals surface area contributed by atoms with Crippen LogP contribution >= 0.6 is 0 Å². The molecule has 0 radical (unpaired) electrons. The lowest BCUT2D eigenvalue weighted by molar-refractivity contribution is -0.116. The molecule has 1 aromatic carbocycles. The molecule has 0 saturated carbocycles. The van der Waals surface area contributed by atoms with E-state index in [1.54, 1.807) is 0 Å². The standard InChI is InChI=1S/C25H34N4O5/c1-18-22(24(31)28-25(26-18)29-10-13-32-14-11-29)8-9-23(30)27-20-6-4-5-19(15-20)16-33-17-21-7-2-3-12-34-21/h4-6,15,21H,2-3,7-14,16-17H2,1H3,(H,27,30)(H,26,28,31). The zero-order valence-corrected chi connectivity index (χ0v) is 19.8. The molecule has 1 amide bonds. The van der Waals surface area contributed by atoms with Crippen LogP contribution in [0.3, 0.4) is 0 Å². The topological polar surface area (TPSA) is 106 Å². The zero-order valence-electron chi connectivity index (χ0n) is 19.8. The minimum Gasteiger partial charge on any atom is -0.378 e. The van der Waals surface area contributed by atoms with Crippen molar-refractivity contribution in [3.8, 4) is 0 Å². The molecule has 0 aliphatic carbocycles. The molecule has 4 rings (SSSR count). The quantitative estimate of drug-likeness (QED) is 0.580. The molecule has 0 bridgehead atoms. The number of amides is 1. The molecule has 2 fully saturated rings. The van der Waals surface area contributed by atoms with Crippen molar-refractivity contribution in [3.05, 3.63) is 51.4 Å². The van der Waals surface area contributed by atoms with Crippen LogP contribution in [0, 0.1) is 6.92 Å². The first-order valence-electron chi connectivity index (χ1n) is 12.1. The molecule has 0 spiro atoms. The number of rotatable bonds is 9. The minimum atomic E-state index is -0.192. The molecule has 34 heavy (non-hydrogen) atoms. The van der Waals surface area contributed by atoms with Gasteiger partial charge in [-0.3, -0.25) is 14.6 Å². The van der Waals surface area contributed by atoms with E-state index >= 15 is 0 Å². The van der Waals surface area contributed by atoms with Gasteiger partial charge in [0.2, 0.25) is 11.9 Å². The first-order chi connectivity index (χ1) is 16.6. The van der Waals surface area contributed by atoms with Gasteiger partial charge >= 0.3 is 0 Å². The number of ether oxygens (including phenoxy) is 3. The number of hydrogen-bond acceptors (Lipinski definition) is 7. The average molecular weight is 471 g/mol. The van der Waals surface area contributed by atoms with Gasteiger partial charge in [0.25, 0.3) is 5.56 Å². The molecule has 2 saturated heterocycles. The van der Waals surface area contributed by atoms with Gasteiger partial charge in [-0.05, 0) is 50.3 Å². The number of nitrogens with one attached hydrogen (secondary N) is 2. The highest BCUT2D eigenvalue weighted by Gasteiger charge is 2.17. The van der Waals surface area contributed by atoms with Crippen molar-refractivity contribution in [1.82, 2.24) is 9.97 Å². The summed E-state index contributed by atoms with van der Waals surface area (Å²) in [5.41, 5.74) is 2.71. The Morgan fingerprint density at radius 1 is 1.26 bits per heavy atom. The van der Waals surface area contributed by atoms with E-state index in [-0.39, 0.29) is 24.0 Å². The Bertz CT molecular complexity index is 1010. The van der Waals surface area contributed by atoms with Crippen LogP contribution in [0.4, 0.5) is 11.6 Å². The third-order valence-corrected chi connectivity index (χ3v) is 6.18. The number of carbonyl (C=O) groups is 1. The van der Waals surface area contributed by atoms with Crippen LogP contribution < -0.4 is 15.8 Å². The van der Waals surface area contributed by atoms with Crippen LogP contribution in [0.15, 0.2) is 29.1 Å². The molecule has 2 aromatic rings. The van der Waals surface area contributed by atoms with Crippen LogP contribution in [-0.2, 0) is 32.0 Å². The third kappa shape index (κ3) is 6.88. The number of benzene rings is 1. The molecular weight excluding hydrogens is 436 g/mol. The molecule has 2 N–H and O–H groups in total. The lowest BCUT2D eigenvalue weighted by Gasteiger charge is -2.27. The summed E-state index contributed by atoms with van der Waals surface area (Å²) in [4.78, 5) is 34.6. The fourth-order valence-corrected chi connectivity index (χ4v) is 4.26. The van der Waals surface area contributed by atoms with Crippen LogP contribution in [0.25, 0.3) is 0 Å². The molecule has 9 nitrogen and oxygen atoms in total. The third-order valence-electron chi connectivity index (χ3n) is 6.18. The van der Waals surface area contributed by atoms with Crippen molar-refractivity contribution in [1.29, 1.82) is 0 Å². The molecule has 1 unspecified atom stereocenters. The number of anilines is 2. The molecule has 184 valence electrons. The number of H-pyrrole nitrogens is 1. The number of nitrogens with zero attached hydrogens (tertiary/aromatic N) is 2. The zero-order chi connectivity index (χ0) is 23.8. The minimum absolute atomic E-state index is 0.148. The van der Waals surface area contributed by atoms with E-state index in [0.29, 0.717) is 68.8 Å². The second kappa shape index (κ2) is 12.1. The normalized spacial score (nSPS) is 18.6. The van der Waals surface area contributed by atoms with E-state index in [2.05, 4.69) is 15.3 Å². The number of aryl methyl sites for hydroxylation is 1. The van der Waals surface area contributed by atoms with Crippen molar-refractivity contribution in [2.75, 3.05) is 49.7 Å². The summed E-state index contributed by atoms with van der Waals surface area (Å²) >= 11 is 0. The lowest BCUT2D eigenvalue weighted by atomic mass is 10.1.